The molecule has 3 heterocycles. The minimum atomic E-state index is -3.52. The van der Waals surface area contributed by atoms with E-state index in [2.05, 4.69) is 15.2 Å². The van der Waals surface area contributed by atoms with Crippen molar-refractivity contribution in [3.63, 3.8) is 0 Å². The third-order valence-electron chi connectivity index (χ3n) is 3.99. The zero-order valence-corrected chi connectivity index (χ0v) is 17.6. The predicted octanol–water partition coefficient (Wildman–Crippen LogP) is 2.34. The number of thiophene rings is 1. The van der Waals surface area contributed by atoms with E-state index in [1.54, 1.807) is 12.3 Å². The van der Waals surface area contributed by atoms with Gasteiger partial charge in [0.05, 0.1) is 4.34 Å². The van der Waals surface area contributed by atoms with Crippen molar-refractivity contribution in [2.75, 3.05) is 38.5 Å². The molecule has 3 rings (SSSR count). The Kier molecular flexibility index (Phi) is 6.00. The minimum absolute atomic E-state index is 0.181. The Bertz CT molecular complexity index is 901. The summed E-state index contributed by atoms with van der Waals surface area (Å²) in [5.74, 6) is -0.181. The van der Waals surface area contributed by atoms with E-state index in [1.807, 2.05) is 7.05 Å². The molecule has 2 aromatic rings. The summed E-state index contributed by atoms with van der Waals surface area (Å²) in [5.41, 5.74) is 0.752. The Morgan fingerprint density at radius 1 is 1.31 bits per heavy atom. The van der Waals surface area contributed by atoms with Crippen LogP contribution in [0.25, 0.3) is 0 Å². The Balaban J connectivity index is 1.76. The lowest BCUT2D eigenvalue weighted by atomic mass is 10.2. The number of rotatable bonds is 5. The van der Waals surface area contributed by atoms with Gasteiger partial charge in [0.15, 0.2) is 5.13 Å². The van der Waals surface area contributed by atoms with Crippen LogP contribution in [0.4, 0.5) is 5.13 Å². The Hall–Kier alpha value is -1.04. The average molecular weight is 435 g/mol. The van der Waals surface area contributed by atoms with Gasteiger partial charge in [-0.15, -0.1) is 22.7 Å². The summed E-state index contributed by atoms with van der Waals surface area (Å²) in [5, 5.41) is 3.15. The summed E-state index contributed by atoms with van der Waals surface area (Å²) >= 11 is 8.73. The highest BCUT2D eigenvalue weighted by Gasteiger charge is 2.29. The van der Waals surface area contributed by atoms with Gasteiger partial charge in [-0.3, -0.25) is 4.79 Å². The fourth-order valence-electron chi connectivity index (χ4n) is 2.57. The number of anilines is 1. The molecule has 0 atom stereocenters. The molecule has 0 spiro atoms. The van der Waals surface area contributed by atoms with Crippen LogP contribution in [-0.2, 0) is 21.2 Å². The number of hydrogen-bond acceptors (Lipinski definition) is 7. The number of carbonyl (C=O) groups excluding carboxylic acids is 1. The molecule has 0 aromatic carbocycles. The summed E-state index contributed by atoms with van der Waals surface area (Å²) in [6.45, 7) is 3.83. The third kappa shape index (κ3) is 4.44. The van der Waals surface area contributed by atoms with Crippen molar-refractivity contribution in [2.45, 2.75) is 17.6 Å². The quantitative estimate of drug-likeness (QED) is 0.780. The highest BCUT2D eigenvalue weighted by atomic mass is 35.5. The van der Waals surface area contributed by atoms with Gasteiger partial charge in [-0.25, -0.2) is 13.4 Å². The molecule has 0 bridgehead atoms. The first kappa shape index (κ1) is 19.7. The maximum Gasteiger partial charge on any atom is 0.252 e. The maximum atomic E-state index is 12.8. The van der Waals surface area contributed by atoms with E-state index >= 15 is 0 Å². The zero-order chi connectivity index (χ0) is 18.9. The molecule has 142 valence electrons. The zero-order valence-electron chi connectivity index (χ0n) is 14.4. The molecule has 1 aliphatic heterocycles. The Labute approximate surface area is 165 Å². The number of thiazole rings is 1. The number of halogens is 1. The normalized spacial score (nSPS) is 16.7. The smallest absolute Gasteiger partial charge is 0.252 e. The number of aromatic nitrogens is 1. The summed E-state index contributed by atoms with van der Waals surface area (Å²) < 4.78 is 27.9. The van der Waals surface area contributed by atoms with Gasteiger partial charge in [0.25, 0.3) is 10.0 Å². The number of amides is 1. The van der Waals surface area contributed by atoms with E-state index in [9.17, 15) is 13.2 Å². The molecule has 0 unspecified atom stereocenters. The molecule has 7 nitrogen and oxygen atoms in total. The second-order valence-corrected chi connectivity index (χ2v) is 11.0. The molecule has 11 heteroatoms. The van der Waals surface area contributed by atoms with Crippen molar-refractivity contribution < 1.29 is 13.2 Å². The van der Waals surface area contributed by atoms with Gasteiger partial charge in [0, 0.05) is 50.6 Å². The predicted molar refractivity (Wildman–Crippen MR) is 105 cm³/mol. The van der Waals surface area contributed by atoms with Gasteiger partial charge >= 0.3 is 0 Å². The van der Waals surface area contributed by atoms with E-state index in [0.29, 0.717) is 29.0 Å². The van der Waals surface area contributed by atoms with Gasteiger partial charge in [-0.05, 0) is 18.7 Å². The lowest BCUT2D eigenvalue weighted by Crippen LogP contribution is -2.46. The number of sulfonamides is 1. The van der Waals surface area contributed by atoms with Crippen LogP contribution < -0.4 is 5.32 Å². The first-order valence-corrected chi connectivity index (χ1v) is 11.4. The van der Waals surface area contributed by atoms with Crippen LogP contribution in [0.15, 0.2) is 16.5 Å². The summed E-state index contributed by atoms with van der Waals surface area (Å²) in [6, 6.07) is 1.65. The third-order valence-corrected chi connectivity index (χ3v) is 8.69. The van der Waals surface area contributed by atoms with Crippen molar-refractivity contribution in [3.05, 3.63) is 27.0 Å². The molecule has 26 heavy (non-hydrogen) atoms. The second kappa shape index (κ2) is 7.91. The van der Waals surface area contributed by atoms with Crippen LogP contribution in [0.2, 0.25) is 4.34 Å². The topological polar surface area (TPSA) is 82.6 Å². The van der Waals surface area contributed by atoms with Gasteiger partial charge in [-0.2, -0.15) is 4.31 Å². The Morgan fingerprint density at radius 2 is 2.00 bits per heavy atom. The number of hydrogen-bond donors (Lipinski definition) is 1. The Morgan fingerprint density at radius 3 is 2.65 bits per heavy atom. The molecule has 0 radical (unpaired) electrons. The van der Waals surface area contributed by atoms with Gasteiger partial charge in [0.2, 0.25) is 5.91 Å². The van der Waals surface area contributed by atoms with Crippen LogP contribution in [-0.4, -0.2) is 61.7 Å². The summed E-state index contributed by atoms with van der Waals surface area (Å²) in [7, 11) is -1.54. The molecule has 0 aliphatic carbocycles. The van der Waals surface area contributed by atoms with Crippen LogP contribution >= 0.6 is 34.3 Å². The minimum Gasteiger partial charge on any atom is -0.304 e. The first-order chi connectivity index (χ1) is 12.3. The van der Waals surface area contributed by atoms with Crippen molar-refractivity contribution in [1.82, 2.24) is 14.2 Å². The SMILES string of the molecule is CC(=O)Nc1ncc(Cc2cc(S(=O)(=O)N3CCN(C)CC3)sc2Cl)s1. The van der Waals surface area contributed by atoms with Crippen LogP contribution in [0.1, 0.15) is 17.4 Å². The average Bonchev–Trinajstić information content (AvgIpc) is 3.15. The van der Waals surface area contributed by atoms with E-state index in [0.717, 1.165) is 34.9 Å². The number of nitrogens with one attached hydrogen (secondary N) is 1. The fraction of sp³-hybridized carbons (Fsp3) is 0.467. The van der Waals surface area contributed by atoms with Crippen molar-refractivity contribution >= 4 is 55.3 Å². The monoisotopic (exact) mass is 434 g/mol. The number of carbonyl (C=O) groups is 1. The maximum absolute atomic E-state index is 12.8. The molecule has 1 saturated heterocycles. The van der Waals surface area contributed by atoms with E-state index < -0.39 is 10.0 Å². The standard InChI is InChI=1S/C15H19ClN4O3S3/c1-10(21)18-15-17-9-12(24-15)7-11-8-13(25-14(11)16)26(22,23)20-5-3-19(2)4-6-20/h8-9H,3-7H2,1-2H3,(H,17,18,21). The highest BCUT2D eigenvalue weighted by molar-refractivity contribution is 7.91. The summed E-state index contributed by atoms with van der Waals surface area (Å²) in [4.78, 5) is 18.2. The molecule has 1 N–H and O–H groups in total. The van der Waals surface area contributed by atoms with Crippen LogP contribution in [0.5, 0.6) is 0 Å². The largest absolute Gasteiger partial charge is 0.304 e. The highest BCUT2D eigenvalue weighted by Crippen LogP contribution is 2.35. The van der Waals surface area contributed by atoms with Crippen molar-refractivity contribution in [3.8, 4) is 0 Å². The second-order valence-electron chi connectivity index (χ2n) is 6.06. The molecular weight excluding hydrogens is 416 g/mol. The van der Waals surface area contributed by atoms with E-state index in [-0.39, 0.29) is 10.1 Å². The van der Waals surface area contributed by atoms with Gasteiger partial charge in [0.1, 0.15) is 4.21 Å². The lowest BCUT2D eigenvalue weighted by molar-refractivity contribution is -0.114. The molecule has 2 aromatic heterocycles. The molecule has 0 saturated carbocycles. The fourth-order valence-corrected chi connectivity index (χ4v) is 6.78. The van der Waals surface area contributed by atoms with E-state index in [1.165, 1.54) is 22.6 Å². The number of piperazine rings is 1. The van der Waals surface area contributed by atoms with Crippen LogP contribution in [0.3, 0.4) is 0 Å². The molecule has 1 aliphatic rings. The molecule has 1 amide bonds. The molecule has 1 fully saturated rings. The van der Waals surface area contributed by atoms with E-state index in [4.69, 9.17) is 11.6 Å². The van der Waals surface area contributed by atoms with Crippen molar-refractivity contribution in [1.29, 1.82) is 0 Å². The van der Waals surface area contributed by atoms with Crippen molar-refractivity contribution in [2.24, 2.45) is 0 Å². The number of likely N-dealkylation sites (N-methyl/N-ethyl adjacent to an activating group) is 1. The number of nitrogens with zero attached hydrogens (tertiary/aromatic N) is 3. The van der Waals surface area contributed by atoms with Crippen LogP contribution in [0, 0.1) is 0 Å². The lowest BCUT2D eigenvalue weighted by Gasteiger charge is -2.31. The first-order valence-electron chi connectivity index (χ1n) is 7.95. The summed E-state index contributed by atoms with van der Waals surface area (Å²) in [6.07, 6.45) is 2.14. The van der Waals surface area contributed by atoms with Gasteiger partial charge < -0.3 is 10.2 Å². The van der Waals surface area contributed by atoms with Gasteiger partial charge in [-0.1, -0.05) is 11.6 Å². The molecular formula is C15H19ClN4O3S3.